The zero-order valence-corrected chi connectivity index (χ0v) is 20.6. The minimum absolute atomic E-state index is 0.0327. The number of Topliss-reactive ketones (excluding diaryl/α,β-unsaturated/α-hetero) is 1. The fourth-order valence-electron chi connectivity index (χ4n) is 4.42. The molecule has 6 nitrogen and oxygen atoms in total. The second kappa shape index (κ2) is 11.6. The van der Waals surface area contributed by atoms with Crippen LogP contribution in [0.3, 0.4) is 0 Å². The molecule has 0 radical (unpaired) electrons. The lowest BCUT2D eigenvalue weighted by molar-refractivity contribution is -0.132. The summed E-state index contributed by atoms with van der Waals surface area (Å²) in [5.74, 6) is -0.455. The van der Waals surface area contributed by atoms with Crippen molar-refractivity contribution in [3.8, 4) is 11.5 Å². The van der Waals surface area contributed by atoms with Gasteiger partial charge in [0, 0.05) is 17.3 Å². The van der Waals surface area contributed by atoms with Gasteiger partial charge in [-0.3, -0.25) is 14.5 Å². The summed E-state index contributed by atoms with van der Waals surface area (Å²) in [5, 5.41) is 11.2. The molecule has 3 aromatic rings. The lowest BCUT2D eigenvalue weighted by atomic mass is 9.95. The van der Waals surface area contributed by atoms with E-state index in [0.29, 0.717) is 34.9 Å². The first-order valence-corrected chi connectivity index (χ1v) is 12.3. The number of carbonyl (C=O) groups is 2. The molecule has 1 fully saturated rings. The molecule has 0 aliphatic carbocycles. The number of nitrogens with zero attached hydrogens (tertiary/aromatic N) is 1. The predicted octanol–water partition coefficient (Wildman–Crippen LogP) is 6.28. The third-order valence-corrected chi connectivity index (χ3v) is 6.26. The van der Waals surface area contributed by atoms with Gasteiger partial charge in [-0.15, -0.1) is 0 Å². The molecule has 36 heavy (non-hydrogen) atoms. The molecule has 1 aliphatic heterocycles. The average molecular weight is 486 g/mol. The summed E-state index contributed by atoms with van der Waals surface area (Å²) in [7, 11) is 1.56. The molecule has 4 rings (SSSR count). The number of methoxy groups -OCH3 is 1. The molecular formula is C30H31NO5. The van der Waals surface area contributed by atoms with E-state index in [1.807, 2.05) is 18.2 Å². The van der Waals surface area contributed by atoms with Crippen LogP contribution in [0, 0.1) is 0 Å². The molecule has 1 aliphatic rings. The first-order chi connectivity index (χ1) is 17.5. The van der Waals surface area contributed by atoms with Crippen molar-refractivity contribution in [2.45, 2.75) is 38.6 Å². The Morgan fingerprint density at radius 1 is 0.889 bits per heavy atom. The monoisotopic (exact) mass is 485 g/mol. The van der Waals surface area contributed by atoms with Gasteiger partial charge in [0.15, 0.2) is 0 Å². The fraction of sp³-hybridized carbons (Fsp3) is 0.267. The highest BCUT2D eigenvalue weighted by Crippen LogP contribution is 2.43. The lowest BCUT2D eigenvalue weighted by Crippen LogP contribution is -2.29. The fourth-order valence-corrected chi connectivity index (χ4v) is 4.42. The van der Waals surface area contributed by atoms with E-state index < -0.39 is 17.7 Å². The summed E-state index contributed by atoms with van der Waals surface area (Å²) in [6.45, 7) is 2.74. The van der Waals surface area contributed by atoms with E-state index in [2.05, 4.69) is 6.92 Å². The number of ether oxygens (including phenoxy) is 2. The van der Waals surface area contributed by atoms with Gasteiger partial charge in [-0.05, 0) is 36.2 Å². The Morgan fingerprint density at radius 2 is 1.64 bits per heavy atom. The van der Waals surface area contributed by atoms with Gasteiger partial charge in [0.05, 0.1) is 25.3 Å². The van der Waals surface area contributed by atoms with Gasteiger partial charge >= 0.3 is 0 Å². The highest BCUT2D eigenvalue weighted by Gasteiger charge is 2.47. The van der Waals surface area contributed by atoms with Crippen molar-refractivity contribution in [3.63, 3.8) is 0 Å². The molecule has 1 N–H and O–H groups in total. The van der Waals surface area contributed by atoms with E-state index in [9.17, 15) is 14.7 Å². The van der Waals surface area contributed by atoms with Gasteiger partial charge in [0.1, 0.15) is 17.3 Å². The molecule has 0 bridgehead atoms. The summed E-state index contributed by atoms with van der Waals surface area (Å²) in [6.07, 6.45) is 4.36. The van der Waals surface area contributed by atoms with Gasteiger partial charge in [0.25, 0.3) is 11.7 Å². The molecular weight excluding hydrogens is 454 g/mol. The normalized spacial score (nSPS) is 16.8. The van der Waals surface area contributed by atoms with Crippen molar-refractivity contribution >= 4 is 23.1 Å². The zero-order valence-electron chi connectivity index (χ0n) is 20.6. The number of rotatable bonds is 10. The van der Waals surface area contributed by atoms with Gasteiger partial charge < -0.3 is 14.6 Å². The molecule has 186 valence electrons. The van der Waals surface area contributed by atoms with Crippen LogP contribution in [0.15, 0.2) is 84.4 Å². The van der Waals surface area contributed by atoms with E-state index in [1.165, 1.54) is 4.90 Å². The molecule has 3 aromatic carbocycles. The van der Waals surface area contributed by atoms with Crippen LogP contribution < -0.4 is 14.4 Å². The van der Waals surface area contributed by atoms with Gasteiger partial charge in [-0.25, -0.2) is 0 Å². The van der Waals surface area contributed by atoms with Crippen molar-refractivity contribution in [2.75, 3.05) is 18.6 Å². The second-order valence-corrected chi connectivity index (χ2v) is 8.72. The second-order valence-electron chi connectivity index (χ2n) is 8.72. The number of carbonyl (C=O) groups excluding carboxylic acids is 2. The molecule has 1 unspecified atom stereocenters. The van der Waals surface area contributed by atoms with Crippen molar-refractivity contribution < 1.29 is 24.2 Å². The third-order valence-electron chi connectivity index (χ3n) is 6.26. The molecule has 1 amide bonds. The quantitative estimate of drug-likeness (QED) is 0.158. The van der Waals surface area contributed by atoms with E-state index in [0.717, 1.165) is 25.7 Å². The summed E-state index contributed by atoms with van der Waals surface area (Å²) < 4.78 is 11.3. The van der Waals surface area contributed by atoms with Crippen molar-refractivity contribution in [3.05, 3.63) is 95.6 Å². The Hall–Kier alpha value is -4.06. The molecule has 1 saturated heterocycles. The van der Waals surface area contributed by atoms with Gasteiger partial charge in [-0.2, -0.15) is 0 Å². The van der Waals surface area contributed by atoms with Crippen LogP contribution in [0.5, 0.6) is 11.5 Å². The maximum atomic E-state index is 13.4. The van der Waals surface area contributed by atoms with E-state index in [4.69, 9.17) is 9.47 Å². The summed E-state index contributed by atoms with van der Waals surface area (Å²) in [5.41, 5.74) is 1.66. The Bertz CT molecular complexity index is 1250. The molecule has 1 heterocycles. The van der Waals surface area contributed by atoms with Crippen LogP contribution in [-0.4, -0.2) is 30.5 Å². The van der Waals surface area contributed by atoms with Gasteiger partial charge in [0.2, 0.25) is 0 Å². The highest BCUT2D eigenvalue weighted by atomic mass is 16.5. The number of anilines is 1. The first-order valence-electron chi connectivity index (χ1n) is 12.3. The van der Waals surface area contributed by atoms with Crippen LogP contribution in [0.4, 0.5) is 5.69 Å². The number of hydrogen-bond acceptors (Lipinski definition) is 5. The number of ketones is 1. The Balaban J connectivity index is 1.77. The number of aliphatic hydroxyl groups is 1. The topological polar surface area (TPSA) is 76.1 Å². The maximum Gasteiger partial charge on any atom is 0.300 e. The number of hydrogen-bond donors (Lipinski definition) is 1. The smallest absolute Gasteiger partial charge is 0.300 e. The minimum Gasteiger partial charge on any atom is -0.507 e. The molecule has 0 saturated carbocycles. The standard InChI is InChI=1S/C30H31NO5/c1-3-4-5-9-18-36-25-17-11-15-23(20-25)31-27(22-14-10-16-24(19-22)35-2)26(29(33)30(31)34)28(32)21-12-7-6-8-13-21/h6-8,10-17,19-20,27,32H,3-5,9,18H2,1-2H3. The van der Waals surface area contributed by atoms with Crippen LogP contribution in [0.1, 0.15) is 49.8 Å². The highest BCUT2D eigenvalue weighted by molar-refractivity contribution is 6.51. The zero-order chi connectivity index (χ0) is 25.5. The van der Waals surface area contributed by atoms with Crippen LogP contribution >= 0.6 is 0 Å². The Kier molecular flexibility index (Phi) is 8.06. The minimum atomic E-state index is -0.833. The number of benzene rings is 3. The van der Waals surface area contributed by atoms with Crippen molar-refractivity contribution in [2.24, 2.45) is 0 Å². The lowest BCUT2D eigenvalue weighted by Gasteiger charge is -2.26. The summed E-state index contributed by atoms with van der Waals surface area (Å²) >= 11 is 0. The summed E-state index contributed by atoms with van der Waals surface area (Å²) in [6, 6.07) is 22.3. The summed E-state index contributed by atoms with van der Waals surface area (Å²) in [4.78, 5) is 28.1. The number of aliphatic hydroxyl groups excluding tert-OH is 1. The van der Waals surface area contributed by atoms with Crippen LogP contribution in [-0.2, 0) is 9.59 Å². The van der Waals surface area contributed by atoms with Gasteiger partial charge in [-0.1, -0.05) is 74.7 Å². The molecule has 0 aromatic heterocycles. The SMILES string of the molecule is CCCCCCOc1cccc(N2C(=O)C(=O)C(=C(O)c3ccccc3)C2c2cccc(OC)c2)c1. The van der Waals surface area contributed by atoms with E-state index >= 15 is 0 Å². The largest absolute Gasteiger partial charge is 0.507 e. The van der Waals surface area contributed by atoms with Crippen LogP contribution in [0.25, 0.3) is 5.76 Å². The number of unbranched alkanes of at least 4 members (excludes halogenated alkanes) is 3. The van der Waals surface area contributed by atoms with Crippen molar-refractivity contribution in [1.29, 1.82) is 0 Å². The first kappa shape index (κ1) is 25.0. The third kappa shape index (κ3) is 5.28. The van der Waals surface area contributed by atoms with Crippen molar-refractivity contribution in [1.82, 2.24) is 0 Å². The van der Waals surface area contributed by atoms with E-state index in [-0.39, 0.29) is 11.3 Å². The van der Waals surface area contributed by atoms with Crippen LogP contribution in [0.2, 0.25) is 0 Å². The maximum absolute atomic E-state index is 13.4. The van der Waals surface area contributed by atoms with E-state index in [1.54, 1.807) is 67.8 Å². The predicted molar refractivity (Wildman–Crippen MR) is 140 cm³/mol. The molecule has 6 heteroatoms. The Labute approximate surface area is 211 Å². The molecule has 1 atom stereocenters. The molecule has 0 spiro atoms. The average Bonchev–Trinajstić information content (AvgIpc) is 3.19. The Morgan fingerprint density at radius 3 is 2.39 bits per heavy atom. The number of amides is 1.